The maximum atomic E-state index is 13.8. The van der Waals surface area contributed by atoms with Crippen LogP contribution < -0.4 is 4.90 Å². The highest BCUT2D eigenvalue weighted by Crippen LogP contribution is 2.33. The van der Waals surface area contributed by atoms with Gasteiger partial charge in [0.2, 0.25) is 0 Å². The molecule has 1 saturated heterocycles. The lowest BCUT2D eigenvalue weighted by Crippen LogP contribution is -2.34. The number of anilines is 1. The first-order valence-electron chi connectivity index (χ1n) is 6.09. The Morgan fingerprint density at radius 2 is 1.84 bits per heavy atom. The molecule has 0 saturated carbocycles. The molecule has 0 atom stereocenters. The van der Waals surface area contributed by atoms with E-state index in [-0.39, 0.29) is 5.69 Å². The molecule has 0 aromatic heterocycles. The van der Waals surface area contributed by atoms with Gasteiger partial charge in [-0.2, -0.15) is 13.2 Å². The van der Waals surface area contributed by atoms with Crippen molar-refractivity contribution in [1.82, 2.24) is 0 Å². The predicted molar refractivity (Wildman–Crippen MR) is 67.1 cm³/mol. The summed E-state index contributed by atoms with van der Waals surface area (Å²) in [4.78, 5) is 1.78. The monoisotopic (exact) mass is 295 g/mol. The molecule has 1 fully saturated rings. The van der Waals surface area contributed by atoms with Crippen LogP contribution in [0.4, 0.5) is 23.2 Å². The highest BCUT2D eigenvalue weighted by Gasteiger charge is 2.32. The quantitative estimate of drug-likeness (QED) is 0.581. The Bertz CT molecular complexity index is 439. The summed E-state index contributed by atoms with van der Waals surface area (Å²) in [5.41, 5.74) is -0.717. The Labute approximate surface area is 114 Å². The van der Waals surface area contributed by atoms with Gasteiger partial charge in [0.15, 0.2) is 0 Å². The molecule has 0 spiro atoms. The van der Waals surface area contributed by atoms with Gasteiger partial charge in [-0.1, -0.05) is 0 Å². The summed E-state index contributed by atoms with van der Waals surface area (Å²) in [6.45, 7) is 1.25. The fourth-order valence-corrected chi connectivity index (χ4v) is 2.58. The van der Waals surface area contributed by atoms with Gasteiger partial charge in [-0.3, -0.25) is 0 Å². The van der Waals surface area contributed by atoms with Crippen LogP contribution in [-0.4, -0.2) is 19.0 Å². The van der Waals surface area contributed by atoms with Crippen LogP contribution in [0.15, 0.2) is 18.2 Å². The van der Waals surface area contributed by atoms with Crippen LogP contribution in [0.3, 0.4) is 0 Å². The SMILES string of the molecule is Fc1cc(C(F)(F)F)ccc1N1CCC(CCl)CC1. The molecule has 19 heavy (non-hydrogen) atoms. The Morgan fingerprint density at radius 3 is 2.32 bits per heavy atom. The van der Waals surface area contributed by atoms with E-state index in [0.717, 1.165) is 18.9 Å². The molecule has 2 rings (SSSR count). The molecule has 0 amide bonds. The summed E-state index contributed by atoms with van der Waals surface area (Å²) in [5.74, 6) is 0.165. The second-order valence-electron chi connectivity index (χ2n) is 4.75. The molecule has 1 aliphatic heterocycles. The molecule has 106 valence electrons. The van der Waals surface area contributed by atoms with Crippen LogP contribution >= 0.6 is 11.6 Å². The minimum Gasteiger partial charge on any atom is -0.369 e. The summed E-state index contributed by atoms with van der Waals surface area (Å²) >= 11 is 5.76. The van der Waals surface area contributed by atoms with Gasteiger partial charge in [-0.15, -0.1) is 11.6 Å². The second kappa shape index (κ2) is 5.57. The number of hydrogen-bond donors (Lipinski definition) is 0. The van der Waals surface area contributed by atoms with Crippen molar-refractivity contribution in [3.05, 3.63) is 29.6 Å². The van der Waals surface area contributed by atoms with Gasteiger partial charge in [-0.25, -0.2) is 4.39 Å². The van der Waals surface area contributed by atoms with Crippen molar-refractivity contribution in [2.24, 2.45) is 5.92 Å². The number of nitrogens with zero attached hydrogens (tertiary/aromatic N) is 1. The first kappa shape index (κ1) is 14.4. The van der Waals surface area contributed by atoms with Gasteiger partial charge in [-0.05, 0) is 37.0 Å². The largest absolute Gasteiger partial charge is 0.416 e. The fourth-order valence-electron chi connectivity index (χ4n) is 2.27. The van der Waals surface area contributed by atoms with Crippen molar-refractivity contribution in [3.63, 3.8) is 0 Å². The van der Waals surface area contributed by atoms with Crippen LogP contribution in [0.2, 0.25) is 0 Å². The van der Waals surface area contributed by atoms with Gasteiger partial charge in [0.05, 0.1) is 11.3 Å². The van der Waals surface area contributed by atoms with Crippen LogP contribution in [0.5, 0.6) is 0 Å². The van der Waals surface area contributed by atoms with Gasteiger partial charge in [0.1, 0.15) is 5.82 Å². The van der Waals surface area contributed by atoms with Crippen molar-refractivity contribution >= 4 is 17.3 Å². The number of piperidine rings is 1. The van der Waals surface area contributed by atoms with Crippen LogP contribution in [0.25, 0.3) is 0 Å². The Hall–Kier alpha value is -0.970. The van der Waals surface area contributed by atoms with Crippen molar-refractivity contribution < 1.29 is 17.6 Å². The van der Waals surface area contributed by atoms with E-state index in [4.69, 9.17) is 11.6 Å². The Balaban J connectivity index is 2.14. The maximum absolute atomic E-state index is 13.8. The zero-order valence-electron chi connectivity index (χ0n) is 10.2. The molecule has 1 aliphatic rings. The van der Waals surface area contributed by atoms with Crippen molar-refractivity contribution in [3.8, 4) is 0 Å². The lowest BCUT2D eigenvalue weighted by atomic mass is 9.98. The molecule has 1 aromatic carbocycles. The van der Waals surface area contributed by atoms with E-state index in [1.165, 1.54) is 6.07 Å². The van der Waals surface area contributed by atoms with E-state index < -0.39 is 17.6 Å². The van der Waals surface area contributed by atoms with E-state index >= 15 is 0 Å². The third kappa shape index (κ3) is 3.32. The first-order chi connectivity index (χ1) is 8.91. The molecule has 1 nitrogen and oxygen atoms in total. The van der Waals surface area contributed by atoms with Crippen molar-refractivity contribution in [2.45, 2.75) is 19.0 Å². The maximum Gasteiger partial charge on any atom is 0.416 e. The molecule has 0 bridgehead atoms. The lowest BCUT2D eigenvalue weighted by Gasteiger charge is -2.33. The third-order valence-electron chi connectivity index (χ3n) is 3.45. The van der Waals surface area contributed by atoms with Crippen LogP contribution in [-0.2, 0) is 6.18 Å². The summed E-state index contributed by atoms with van der Waals surface area (Å²) < 4.78 is 51.1. The molecule has 1 heterocycles. The van der Waals surface area contributed by atoms with E-state index in [2.05, 4.69) is 0 Å². The van der Waals surface area contributed by atoms with E-state index in [1.54, 1.807) is 4.90 Å². The number of benzene rings is 1. The Morgan fingerprint density at radius 1 is 1.21 bits per heavy atom. The number of halogens is 5. The normalized spacial score (nSPS) is 17.8. The molecule has 0 unspecified atom stereocenters. The summed E-state index contributed by atoms with van der Waals surface area (Å²) in [7, 11) is 0. The van der Waals surface area contributed by atoms with E-state index in [0.29, 0.717) is 31.0 Å². The second-order valence-corrected chi connectivity index (χ2v) is 5.06. The molecule has 0 N–H and O–H groups in total. The number of hydrogen-bond acceptors (Lipinski definition) is 1. The molecule has 6 heteroatoms. The van der Waals surface area contributed by atoms with Gasteiger partial charge in [0.25, 0.3) is 0 Å². The highest BCUT2D eigenvalue weighted by molar-refractivity contribution is 6.18. The average molecular weight is 296 g/mol. The first-order valence-corrected chi connectivity index (χ1v) is 6.63. The zero-order valence-corrected chi connectivity index (χ0v) is 10.9. The molecular weight excluding hydrogens is 282 g/mol. The smallest absolute Gasteiger partial charge is 0.369 e. The number of rotatable bonds is 2. The predicted octanol–water partition coefficient (Wildman–Crippen LogP) is 4.30. The minimum atomic E-state index is -4.51. The highest BCUT2D eigenvalue weighted by atomic mass is 35.5. The van der Waals surface area contributed by atoms with E-state index in [9.17, 15) is 17.6 Å². The molecule has 1 aromatic rings. The fraction of sp³-hybridized carbons (Fsp3) is 0.538. The third-order valence-corrected chi connectivity index (χ3v) is 3.88. The number of alkyl halides is 4. The molecular formula is C13H14ClF4N. The summed E-state index contributed by atoms with van der Waals surface area (Å²) in [6, 6.07) is 2.69. The molecule has 0 aliphatic carbocycles. The molecule has 0 radical (unpaired) electrons. The summed E-state index contributed by atoms with van der Waals surface area (Å²) in [6.07, 6.45) is -2.83. The van der Waals surface area contributed by atoms with E-state index in [1.807, 2.05) is 0 Å². The van der Waals surface area contributed by atoms with Gasteiger partial charge < -0.3 is 4.90 Å². The van der Waals surface area contributed by atoms with Gasteiger partial charge >= 0.3 is 6.18 Å². The standard InChI is InChI=1S/C13H14ClF4N/c14-8-9-3-5-19(6-4-9)12-2-1-10(7-11(12)15)13(16,17)18/h1-2,7,9H,3-6,8H2. The van der Waals surface area contributed by atoms with Crippen molar-refractivity contribution in [1.29, 1.82) is 0 Å². The zero-order chi connectivity index (χ0) is 14.0. The van der Waals surface area contributed by atoms with Crippen LogP contribution in [0, 0.1) is 11.7 Å². The lowest BCUT2D eigenvalue weighted by molar-refractivity contribution is -0.137. The Kier molecular flexibility index (Phi) is 4.23. The average Bonchev–Trinajstić information content (AvgIpc) is 2.38. The minimum absolute atomic E-state index is 0.237. The van der Waals surface area contributed by atoms with Gasteiger partial charge in [0, 0.05) is 19.0 Å². The topological polar surface area (TPSA) is 3.24 Å². The summed E-state index contributed by atoms with van der Waals surface area (Å²) in [5, 5.41) is 0. The van der Waals surface area contributed by atoms with Crippen LogP contribution in [0.1, 0.15) is 18.4 Å². The van der Waals surface area contributed by atoms with Crippen molar-refractivity contribution in [2.75, 3.05) is 23.9 Å².